The molecule has 4 heterocycles. The van der Waals surface area contributed by atoms with Crippen LogP contribution in [0.1, 0.15) is 46.0 Å². The van der Waals surface area contributed by atoms with Gasteiger partial charge in [-0.1, -0.05) is 13.8 Å². The van der Waals surface area contributed by atoms with Crippen LogP contribution >= 0.6 is 0 Å². The summed E-state index contributed by atoms with van der Waals surface area (Å²) in [5.41, 5.74) is 6.40. The number of nitrogens with zero attached hydrogens (tertiary/aromatic N) is 1. The molecule has 4 rings (SSSR count). The minimum absolute atomic E-state index is 0.0669. The summed E-state index contributed by atoms with van der Waals surface area (Å²) in [7, 11) is 0. The molecule has 4 fully saturated rings. The zero-order valence-corrected chi connectivity index (χ0v) is 16.6. The minimum atomic E-state index is 0.0669. The molecule has 8 nitrogen and oxygen atoms in total. The molecule has 4 saturated heterocycles. The third kappa shape index (κ3) is 4.46. The first-order chi connectivity index (χ1) is 13.1. The van der Waals surface area contributed by atoms with Crippen molar-refractivity contribution in [1.29, 1.82) is 0 Å². The molecule has 154 valence electrons. The Bertz CT molecular complexity index is 506. The number of hydrogen-bond acceptors (Lipinski definition) is 7. The average Bonchev–Trinajstić information content (AvgIpc) is 3.40. The van der Waals surface area contributed by atoms with Crippen LogP contribution in [0, 0.1) is 17.8 Å². The van der Waals surface area contributed by atoms with Gasteiger partial charge in [0.25, 0.3) is 0 Å². The maximum absolute atomic E-state index is 12.2. The van der Waals surface area contributed by atoms with Gasteiger partial charge in [-0.25, -0.2) is 0 Å². The number of amides is 1. The van der Waals surface area contributed by atoms with Crippen LogP contribution in [-0.4, -0.2) is 61.5 Å². The zero-order chi connectivity index (χ0) is 18.8. The Morgan fingerprint density at radius 3 is 2.56 bits per heavy atom. The number of hydrogen-bond donors (Lipinski definition) is 4. The number of carbonyl (C=O) groups excluding carboxylic acids is 1. The number of rotatable bonds is 4. The summed E-state index contributed by atoms with van der Waals surface area (Å²) in [6.07, 6.45) is 5.59. The van der Waals surface area contributed by atoms with E-state index in [9.17, 15) is 4.79 Å². The molecule has 5 atom stereocenters. The van der Waals surface area contributed by atoms with E-state index in [0.717, 1.165) is 58.3 Å². The molecule has 0 spiro atoms. The first kappa shape index (κ1) is 19.5. The van der Waals surface area contributed by atoms with Crippen LogP contribution in [0.15, 0.2) is 0 Å². The van der Waals surface area contributed by atoms with Crippen LogP contribution in [0.4, 0.5) is 0 Å². The molecule has 0 aromatic heterocycles. The average molecular weight is 382 g/mol. The van der Waals surface area contributed by atoms with Gasteiger partial charge in [0, 0.05) is 37.0 Å². The number of nitrogens with one attached hydrogen (secondary N) is 4. The quantitative estimate of drug-likeness (QED) is 0.558. The normalized spacial score (nSPS) is 38.6. The Kier molecular flexibility index (Phi) is 6.31. The lowest BCUT2D eigenvalue weighted by atomic mass is 9.86. The van der Waals surface area contributed by atoms with Gasteiger partial charge in [-0.15, -0.1) is 0 Å². The molecule has 0 radical (unpaired) electrons. The van der Waals surface area contributed by atoms with Gasteiger partial charge in [0.05, 0.1) is 12.8 Å². The lowest BCUT2D eigenvalue weighted by molar-refractivity contribution is -0.136. The maximum Gasteiger partial charge on any atom is 0.225 e. The first-order valence-corrected chi connectivity index (χ1v) is 10.7. The second-order valence-electron chi connectivity index (χ2n) is 8.82. The Morgan fingerprint density at radius 2 is 1.85 bits per heavy atom. The molecule has 4 N–H and O–H groups in total. The van der Waals surface area contributed by atoms with Crippen LogP contribution in [0.2, 0.25) is 0 Å². The monoisotopic (exact) mass is 381 g/mol. The van der Waals surface area contributed by atoms with Crippen molar-refractivity contribution >= 4 is 5.91 Å². The molecule has 5 unspecified atom stereocenters. The Balaban J connectivity index is 1.25. The van der Waals surface area contributed by atoms with Crippen LogP contribution < -0.4 is 21.6 Å². The summed E-state index contributed by atoms with van der Waals surface area (Å²) in [5, 5.41) is 7.32. The molecule has 0 aromatic rings. The van der Waals surface area contributed by atoms with Gasteiger partial charge in [0.15, 0.2) is 0 Å². The summed E-state index contributed by atoms with van der Waals surface area (Å²) >= 11 is 0. The summed E-state index contributed by atoms with van der Waals surface area (Å²) < 4.78 is 0. The number of likely N-dealkylation sites (tertiary alicyclic amines) is 1. The van der Waals surface area contributed by atoms with Gasteiger partial charge in [-0.2, -0.15) is 11.0 Å². The highest BCUT2D eigenvalue weighted by Gasteiger charge is 2.40. The van der Waals surface area contributed by atoms with Crippen molar-refractivity contribution in [3.63, 3.8) is 0 Å². The van der Waals surface area contributed by atoms with Crippen molar-refractivity contribution in [3.05, 3.63) is 0 Å². The Hall–Kier alpha value is -0.770. The predicted octanol–water partition coefficient (Wildman–Crippen LogP) is 0.319. The van der Waals surface area contributed by atoms with Crippen LogP contribution in [0.5, 0.6) is 0 Å². The van der Waals surface area contributed by atoms with Gasteiger partial charge in [-0.05, 0) is 44.6 Å². The molecule has 0 saturated carbocycles. The Morgan fingerprint density at radius 1 is 1.04 bits per heavy atom. The molecular weight excluding hydrogens is 346 g/mol. The Labute approximate surface area is 162 Å². The van der Waals surface area contributed by atoms with Crippen molar-refractivity contribution in [2.24, 2.45) is 17.8 Å². The summed E-state index contributed by atoms with van der Waals surface area (Å²) in [6, 6.07) is 0.849. The fourth-order valence-electron chi connectivity index (χ4n) is 4.93. The van der Waals surface area contributed by atoms with E-state index in [4.69, 9.17) is 9.68 Å². The molecule has 0 aliphatic carbocycles. The van der Waals surface area contributed by atoms with Crippen LogP contribution in [0.25, 0.3) is 0 Å². The molecule has 4 aliphatic heterocycles. The van der Waals surface area contributed by atoms with Gasteiger partial charge >= 0.3 is 0 Å². The number of hydroxylamine groups is 2. The zero-order valence-electron chi connectivity index (χ0n) is 16.6. The maximum atomic E-state index is 12.2. The van der Waals surface area contributed by atoms with Gasteiger partial charge < -0.3 is 15.1 Å². The van der Waals surface area contributed by atoms with E-state index in [0.29, 0.717) is 23.9 Å². The van der Waals surface area contributed by atoms with Gasteiger partial charge in [0.2, 0.25) is 5.91 Å². The highest BCUT2D eigenvalue weighted by Crippen LogP contribution is 2.29. The third-order valence-electron chi connectivity index (χ3n) is 6.64. The predicted molar refractivity (Wildman–Crippen MR) is 101 cm³/mol. The third-order valence-corrected chi connectivity index (χ3v) is 6.64. The van der Waals surface area contributed by atoms with Crippen molar-refractivity contribution in [1.82, 2.24) is 26.5 Å². The minimum Gasteiger partial charge on any atom is -0.342 e. The fourth-order valence-corrected chi connectivity index (χ4v) is 4.93. The molecule has 27 heavy (non-hydrogen) atoms. The van der Waals surface area contributed by atoms with Crippen molar-refractivity contribution < 1.29 is 14.5 Å². The summed E-state index contributed by atoms with van der Waals surface area (Å²) in [5.74, 6) is 1.37. The van der Waals surface area contributed by atoms with E-state index in [2.05, 4.69) is 21.6 Å². The van der Waals surface area contributed by atoms with E-state index in [1.807, 2.05) is 18.7 Å². The lowest BCUT2D eigenvalue weighted by Gasteiger charge is -2.36. The molecule has 4 aliphatic rings. The second-order valence-corrected chi connectivity index (χ2v) is 8.82. The fraction of sp³-hybridized carbons (Fsp3) is 0.947. The van der Waals surface area contributed by atoms with Crippen molar-refractivity contribution in [2.75, 3.05) is 26.2 Å². The van der Waals surface area contributed by atoms with E-state index in [1.165, 1.54) is 0 Å². The molecule has 0 aromatic carbocycles. The molecule has 0 bridgehead atoms. The lowest BCUT2D eigenvalue weighted by Crippen LogP contribution is -2.53. The highest BCUT2D eigenvalue weighted by atomic mass is 16.7. The molecular formula is C19H35N5O3. The van der Waals surface area contributed by atoms with E-state index >= 15 is 0 Å². The van der Waals surface area contributed by atoms with Crippen molar-refractivity contribution in [2.45, 2.75) is 70.4 Å². The summed E-state index contributed by atoms with van der Waals surface area (Å²) in [6.45, 7) is 7.49. The number of carbonyl (C=O) groups is 1. The van der Waals surface area contributed by atoms with Crippen LogP contribution in [0.3, 0.4) is 0 Å². The summed E-state index contributed by atoms with van der Waals surface area (Å²) in [4.78, 5) is 25.5. The van der Waals surface area contributed by atoms with E-state index < -0.39 is 0 Å². The SMILES string of the molecule is CC(C)C(=O)N1CCC(C2NOC(C3CCNC(C4CCON4)C3)N2)CC1. The highest BCUT2D eigenvalue weighted by molar-refractivity contribution is 5.78. The second kappa shape index (κ2) is 8.71. The van der Waals surface area contributed by atoms with E-state index in [-0.39, 0.29) is 24.2 Å². The smallest absolute Gasteiger partial charge is 0.225 e. The first-order valence-electron chi connectivity index (χ1n) is 10.7. The van der Waals surface area contributed by atoms with Gasteiger partial charge in [0.1, 0.15) is 6.23 Å². The van der Waals surface area contributed by atoms with Crippen molar-refractivity contribution in [3.8, 4) is 0 Å². The molecule has 1 amide bonds. The van der Waals surface area contributed by atoms with Gasteiger partial charge in [-0.3, -0.25) is 14.9 Å². The number of piperidine rings is 2. The van der Waals surface area contributed by atoms with Crippen LogP contribution in [-0.2, 0) is 14.5 Å². The van der Waals surface area contributed by atoms with E-state index in [1.54, 1.807) is 0 Å². The standard InChI is InChI=1S/C19H35N5O3/c1-12(2)19(25)24-8-4-13(5-9-24)17-21-18(27-23-17)14-3-7-20-16(11-14)15-6-10-26-22-15/h12-18,20-23H,3-11H2,1-2H3. The topological polar surface area (TPSA) is 86.9 Å². The largest absolute Gasteiger partial charge is 0.342 e. The molecule has 8 heteroatoms.